The molecule has 1 aliphatic heterocycles. The summed E-state index contributed by atoms with van der Waals surface area (Å²) in [5, 5.41) is 12.3. The zero-order valence-corrected chi connectivity index (χ0v) is 9.28. The van der Waals surface area contributed by atoms with E-state index in [9.17, 15) is 4.79 Å². The van der Waals surface area contributed by atoms with Crippen LogP contribution in [0.15, 0.2) is 24.3 Å². The molecule has 1 aromatic carbocycles. The predicted molar refractivity (Wildman–Crippen MR) is 59.6 cm³/mol. The molecule has 0 radical (unpaired) electrons. The smallest absolute Gasteiger partial charge is 0.323 e. The predicted octanol–water partition coefficient (Wildman–Crippen LogP) is 1.45. The van der Waals surface area contributed by atoms with E-state index in [1.165, 1.54) is 0 Å². The summed E-state index contributed by atoms with van der Waals surface area (Å²) >= 11 is 6.03. The summed E-state index contributed by atoms with van der Waals surface area (Å²) in [5.41, 5.74) is 0.889. The topological polar surface area (TPSA) is 58.6 Å². The number of benzene rings is 1. The first-order chi connectivity index (χ1) is 7.68. The van der Waals surface area contributed by atoms with Crippen LogP contribution in [-0.2, 0) is 9.53 Å². The standard InChI is InChI=1S/C11H12ClNO3/c12-8-4-2-1-3-7(8)10-5-13-9(6-16-10)11(14)15/h1-4,9-10,13H,5-6H2,(H,14,15). The summed E-state index contributed by atoms with van der Waals surface area (Å²) < 4.78 is 5.49. The number of rotatable bonds is 2. The lowest BCUT2D eigenvalue weighted by atomic mass is 10.1. The molecule has 1 saturated heterocycles. The molecule has 2 atom stereocenters. The highest BCUT2D eigenvalue weighted by Crippen LogP contribution is 2.26. The van der Waals surface area contributed by atoms with Crippen molar-refractivity contribution in [2.24, 2.45) is 0 Å². The molecule has 0 saturated carbocycles. The first-order valence-corrected chi connectivity index (χ1v) is 5.38. The van der Waals surface area contributed by atoms with Crippen LogP contribution in [0, 0.1) is 0 Å². The van der Waals surface area contributed by atoms with Crippen LogP contribution in [0.4, 0.5) is 0 Å². The van der Waals surface area contributed by atoms with Crippen LogP contribution in [-0.4, -0.2) is 30.3 Å². The minimum atomic E-state index is -0.891. The molecule has 1 heterocycles. The molecule has 16 heavy (non-hydrogen) atoms. The molecule has 2 rings (SSSR count). The van der Waals surface area contributed by atoms with Crippen LogP contribution in [0.1, 0.15) is 11.7 Å². The Morgan fingerprint density at radius 2 is 2.25 bits per heavy atom. The number of nitrogens with one attached hydrogen (secondary N) is 1. The van der Waals surface area contributed by atoms with Gasteiger partial charge in [-0.05, 0) is 6.07 Å². The quantitative estimate of drug-likeness (QED) is 0.823. The van der Waals surface area contributed by atoms with E-state index in [-0.39, 0.29) is 12.7 Å². The van der Waals surface area contributed by atoms with Crippen LogP contribution in [0.3, 0.4) is 0 Å². The minimum absolute atomic E-state index is 0.158. The molecule has 1 fully saturated rings. The second-order valence-corrected chi connectivity index (χ2v) is 4.05. The van der Waals surface area contributed by atoms with E-state index in [0.29, 0.717) is 11.6 Å². The molecule has 0 aliphatic carbocycles. The Kier molecular flexibility index (Phi) is 3.43. The van der Waals surface area contributed by atoms with Gasteiger partial charge in [-0.2, -0.15) is 0 Å². The van der Waals surface area contributed by atoms with Crippen LogP contribution in [0.5, 0.6) is 0 Å². The van der Waals surface area contributed by atoms with Crippen molar-refractivity contribution in [3.05, 3.63) is 34.9 Å². The van der Waals surface area contributed by atoms with Crippen LogP contribution in [0.2, 0.25) is 5.02 Å². The SMILES string of the molecule is O=C(O)C1COC(c2ccccc2Cl)CN1. The molecular weight excluding hydrogens is 230 g/mol. The van der Waals surface area contributed by atoms with Crippen LogP contribution in [0.25, 0.3) is 0 Å². The van der Waals surface area contributed by atoms with Crippen molar-refractivity contribution in [2.45, 2.75) is 12.1 Å². The van der Waals surface area contributed by atoms with E-state index >= 15 is 0 Å². The van der Waals surface area contributed by atoms with Crippen molar-refractivity contribution in [1.82, 2.24) is 5.32 Å². The fourth-order valence-electron chi connectivity index (χ4n) is 1.67. The highest BCUT2D eigenvalue weighted by atomic mass is 35.5. The Bertz CT molecular complexity index is 389. The van der Waals surface area contributed by atoms with Gasteiger partial charge < -0.3 is 9.84 Å². The highest BCUT2D eigenvalue weighted by Gasteiger charge is 2.27. The van der Waals surface area contributed by atoms with Gasteiger partial charge in [0.1, 0.15) is 6.04 Å². The van der Waals surface area contributed by atoms with E-state index in [1.54, 1.807) is 6.07 Å². The van der Waals surface area contributed by atoms with E-state index in [0.717, 1.165) is 5.56 Å². The number of carboxylic acids is 1. The first kappa shape index (κ1) is 11.4. The van der Waals surface area contributed by atoms with Gasteiger partial charge in [0.15, 0.2) is 0 Å². The maximum atomic E-state index is 10.7. The van der Waals surface area contributed by atoms with E-state index < -0.39 is 12.0 Å². The Labute approximate surface area is 98.2 Å². The number of hydrogen-bond donors (Lipinski definition) is 2. The fourth-order valence-corrected chi connectivity index (χ4v) is 1.93. The van der Waals surface area contributed by atoms with Crippen LogP contribution < -0.4 is 5.32 Å². The van der Waals surface area contributed by atoms with Gasteiger partial charge in [-0.3, -0.25) is 10.1 Å². The minimum Gasteiger partial charge on any atom is -0.480 e. The molecule has 2 unspecified atom stereocenters. The Morgan fingerprint density at radius 3 is 2.81 bits per heavy atom. The van der Waals surface area contributed by atoms with Gasteiger partial charge in [0, 0.05) is 17.1 Å². The summed E-state index contributed by atoms with van der Waals surface area (Å²) in [6.45, 7) is 0.617. The zero-order valence-electron chi connectivity index (χ0n) is 8.52. The number of morpholine rings is 1. The Hall–Kier alpha value is -1.10. The first-order valence-electron chi connectivity index (χ1n) is 5.00. The number of hydrogen-bond acceptors (Lipinski definition) is 3. The van der Waals surface area contributed by atoms with Gasteiger partial charge in [-0.15, -0.1) is 0 Å². The maximum absolute atomic E-state index is 10.7. The number of halogens is 1. The van der Waals surface area contributed by atoms with Gasteiger partial charge in [0.05, 0.1) is 12.7 Å². The monoisotopic (exact) mass is 241 g/mol. The Balaban J connectivity index is 2.05. The van der Waals surface area contributed by atoms with Gasteiger partial charge in [0.2, 0.25) is 0 Å². The summed E-state index contributed by atoms with van der Waals surface area (Å²) in [6, 6.07) is 6.79. The number of carbonyl (C=O) groups is 1. The van der Waals surface area contributed by atoms with Gasteiger partial charge in [-0.25, -0.2) is 0 Å². The largest absolute Gasteiger partial charge is 0.480 e. The second-order valence-electron chi connectivity index (χ2n) is 3.64. The maximum Gasteiger partial charge on any atom is 0.323 e. The van der Waals surface area contributed by atoms with Crippen molar-refractivity contribution >= 4 is 17.6 Å². The molecule has 0 aromatic heterocycles. The number of aliphatic carboxylic acids is 1. The molecule has 5 heteroatoms. The molecule has 4 nitrogen and oxygen atoms in total. The molecule has 1 aliphatic rings. The van der Waals surface area contributed by atoms with Crippen molar-refractivity contribution in [3.8, 4) is 0 Å². The van der Waals surface area contributed by atoms with E-state index in [2.05, 4.69) is 5.32 Å². The fraction of sp³-hybridized carbons (Fsp3) is 0.364. The third-order valence-corrected chi connectivity index (χ3v) is 2.91. The van der Waals surface area contributed by atoms with E-state index in [4.69, 9.17) is 21.4 Å². The van der Waals surface area contributed by atoms with Crippen molar-refractivity contribution in [1.29, 1.82) is 0 Å². The van der Waals surface area contributed by atoms with Gasteiger partial charge in [0.25, 0.3) is 0 Å². The van der Waals surface area contributed by atoms with Gasteiger partial charge in [-0.1, -0.05) is 29.8 Å². The molecule has 2 N–H and O–H groups in total. The summed E-state index contributed by atoms with van der Waals surface area (Å²) in [4.78, 5) is 10.7. The third kappa shape index (κ3) is 2.35. The van der Waals surface area contributed by atoms with Crippen molar-refractivity contribution in [2.75, 3.05) is 13.2 Å². The molecular formula is C11H12ClNO3. The van der Waals surface area contributed by atoms with Crippen LogP contribution >= 0.6 is 11.6 Å². The average Bonchev–Trinajstić information content (AvgIpc) is 2.30. The normalized spacial score (nSPS) is 25.3. The lowest BCUT2D eigenvalue weighted by Gasteiger charge is -2.28. The lowest BCUT2D eigenvalue weighted by Crippen LogP contribution is -2.47. The summed E-state index contributed by atoms with van der Waals surface area (Å²) in [7, 11) is 0. The molecule has 1 aromatic rings. The number of ether oxygens (including phenoxy) is 1. The van der Waals surface area contributed by atoms with E-state index in [1.807, 2.05) is 18.2 Å². The average molecular weight is 242 g/mol. The van der Waals surface area contributed by atoms with Crippen molar-refractivity contribution in [3.63, 3.8) is 0 Å². The molecule has 0 bridgehead atoms. The summed E-state index contributed by atoms with van der Waals surface area (Å²) in [6.07, 6.45) is -0.177. The third-order valence-electron chi connectivity index (χ3n) is 2.56. The highest BCUT2D eigenvalue weighted by molar-refractivity contribution is 6.31. The summed E-state index contributed by atoms with van der Waals surface area (Å²) in [5.74, 6) is -0.891. The van der Waals surface area contributed by atoms with Gasteiger partial charge >= 0.3 is 5.97 Å². The number of carboxylic acid groups (broad SMARTS) is 1. The lowest BCUT2D eigenvalue weighted by molar-refractivity contribution is -0.144. The molecule has 0 spiro atoms. The Morgan fingerprint density at radius 1 is 1.50 bits per heavy atom. The molecule has 86 valence electrons. The zero-order chi connectivity index (χ0) is 11.5. The molecule has 0 amide bonds. The van der Waals surface area contributed by atoms with Crippen molar-refractivity contribution < 1.29 is 14.6 Å². The second kappa shape index (κ2) is 4.82.